The Bertz CT molecular complexity index is 167. The van der Waals surface area contributed by atoms with E-state index >= 15 is 0 Å². The maximum Gasteiger partial charge on any atom is 0.151 e. The van der Waals surface area contributed by atoms with E-state index in [2.05, 4.69) is 0 Å². The summed E-state index contributed by atoms with van der Waals surface area (Å²) in [5.41, 5.74) is 0. The molecule has 0 radical (unpaired) electrons. The molecule has 1 aromatic rings. The number of rotatable bonds is 3. The van der Waals surface area contributed by atoms with Crippen LogP contribution in [0, 0.1) is 0 Å². The molecule has 0 bridgehead atoms. The Balaban J connectivity index is 2.28. The third-order valence-electron chi connectivity index (χ3n) is 1.23. The fourth-order valence-electron chi connectivity index (χ4n) is 0.726. The molecule has 0 aliphatic carbocycles. The van der Waals surface area contributed by atoms with Crippen molar-refractivity contribution in [3.63, 3.8) is 0 Å². The zero-order valence-electron chi connectivity index (χ0n) is 5.53. The Morgan fingerprint density at radius 3 is 2.80 bits per heavy atom. The Hall–Kier alpha value is -0.800. The summed E-state index contributed by atoms with van der Waals surface area (Å²) < 4.78 is 4.96. The van der Waals surface area contributed by atoms with Gasteiger partial charge in [0.25, 0.3) is 0 Å². The van der Waals surface area contributed by atoms with Gasteiger partial charge in [-0.1, -0.05) is 0 Å². The molecule has 10 heavy (non-hydrogen) atoms. The molecular formula is C7H10O3. The van der Waals surface area contributed by atoms with Gasteiger partial charge >= 0.3 is 0 Å². The van der Waals surface area contributed by atoms with Crippen molar-refractivity contribution < 1.29 is 14.6 Å². The maximum atomic E-state index is 8.47. The van der Waals surface area contributed by atoms with Crippen molar-refractivity contribution in [3.05, 3.63) is 24.2 Å². The fourth-order valence-corrected chi connectivity index (χ4v) is 0.726. The van der Waals surface area contributed by atoms with Crippen molar-refractivity contribution in [2.75, 3.05) is 0 Å². The SMILES string of the molecule is OC(O)CCc1ccco1. The van der Waals surface area contributed by atoms with Gasteiger partial charge < -0.3 is 14.6 Å². The molecule has 0 unspecified atom stereocenters. The minimum atomic E-state index is -1.23. The van der Waals surface area contributed by atoms with E-state index in [9.17, 15) is 0 Å². The van der Waals surface area contributed by atoms with Crippen LogP contribution in [0.3, 0.4) is 0 Å². The molecule has 0 saturated heterocycles. The zero-order chi connectivity index (χ0) is 7.40. The molecule has 0 atom stereocenters. The van der Waals surface area contributed by atoms with Gasteiger partial charge in [0.15, 0.2) is 6.29 Å². The van der Waals surface area contributed by atoms with Gasteiger partial charge in [-0.15, -0.1) is 0 Å². The Morgan fingerprint density at radius 1 is 1.50 bits per heavy atom. The molecule has 0 aromatic carbocycles. The van der Waals surface area contributed by atoms with E-state index in [1.54, 1.807) is 12.3 Å². The second-order valence-electron chi connectivity index (χ2n) is 2.10. The van der Waals surface area contributed by atoms with Gasteiger partial charge in [-0.3, -0.25) is 0 Å². The minimum Gasteiger partial charge on any atom is -0.469 e. The highest BCUT2D eigenvalue weighted by Crippen LogP contribution is 2.04. The van der Waals surface area contributed by atoms with Crippen LogP contribution in [-0.2, 0) is 6.42 Å². The largest absolute Gasteiger partial charge is 0.469 e. The molecule has 0 fully saturated rings. The van der Waals surface area contributed by atoms with Crippen molar-refractivity contribution in [2.45, 2.75) is 19.1 Å². The van der Waals surface area contributed by atoms with Crippen molar-refractivity contribution in [1.29, 1.82) is 0 Å². The van der Waals surface area contributed by atoms with E-state index < -0.39 is 6.29 Å². The number of furan rings is 1. The average Bonchev–Trinajstić information content (AvgIpc) is 2.34. The third-order valence-corrected chi connectivity index (χ3v) is 1.23. The molecular weight excluding hydrogens is 132 g/mol. The molecule has 1 heterocycles. The second-order valence-corrected chi connectivity index (χ2v) is 2.10. The van der Waals surface area contributed by atoms with Crippen LogP contribution in [0.15, 0.2) is 22.8 Å². The first-order valence-electron chi connectivity index (χ1n) is 3.17. The lowest BCUT2D eigenvalue weighted by Crippen LogP contribution is -2.04. The highest BCUT2D eigenvalue weighted by molar-refractivity contribution is 4.97. The summed E-state index contributed by atoms with van der Waals surface area (Å²) in [6, 6.07) is 3.58. The highest BCUT2D eigenvalue weighted by atomic mass is 16.5. The molecule has 0 aliphatic rings. The lowest BCUT2D eigenvalue weighted by atomic mass is 10.2. The van der Waals surface area contributed by atoms with Crippen LogP contribution >= 0.6 is 0 Å². The van der Waals surface area contributed by atoms with Crippen LogP contribution in [0.5, 0.6) is 0 Å². The second kappa shape index (κ2) is 3.39. The first kappa shape index (κ1) is 7.31. The van der Waals surface area contributed by atoms with E-state index in [1.165, 1.54) is 0 Å². The predicted octanol–water partition coefficient (Wildman–Crippen LogP) is 0.523. The molecule has 1 rings (SSSR count). The first-order chi connectivity index (χ1) is 4.79. The third kappa shape index (κ3) is 2.21. The van der Waals surface area contributed by atoms with Crippen LogP contribution < -0.4 is 0 Å². The molecule has 3 heteroatoms. The van der Waals surface area contributed by atoms with Gasteiger partial charge in [-0.2, -0.15) is 0 Å². The zero-order valence-corrected chi connectivity index (χ0v) is 5.53. The predicted molar refractivity (Wildman–Crippen MR) is 35.3 cm³/mol. The number of aryl methyl sites for hydroxylation is 1. The standard InChI is InChI=1S/C7H10O3/c8-7(9)4-3-6-2-1-5-10-6/h1-2,5,7-9H,3-4H2. The molecule has 0 saturated carbocycles. The van der Waals surface area contributed by atoms with Gasteiger partial charge in [0.05, 0.1) is 6.26 Å². The van der Waals surface area contributed by atoms with Crippen molar-refractivity contribution in [2.24, 2.45) is 0 Å². The van der Waals surface area contributed by atoms with E-state index in [1.807, 2.05) is 6.07 Å². The molecule has 3 nitrogen and oxygen atoms in total. The van der Waals surface area contributed by atoms with E-state index in [0.717, 1.165) is 5.76 Å². The van der Waals surface area contributed by atoms with E-state index in [0.29, 0.717) is 12.8 Å². The van der Waals surface area contributed by atoms with Crippen LogP contribution in [0.25, 0.3) is 0 Å². The van der Waals surface area contributed by atoms with Gasteiger partial charge in [0, 0.05) is 12.8 Å². The normalized spacial score (nSPS) is 10.7. The monoisotopic (exact) mass is 142 g/mol. The van der Waals surface area contributed by atoms with Gasteiger partial charge in [0.2, 0.25) is 0 Å². The van der Waals surface area contributed by atoms with Crippen LogP contribution in [0.2, 0.25) is 0 Å². The smallest absolute Gasteiger partial charge is 0.151 e. The Labute approximate surface area is 58.9 Å². The number of aliphatic hydroxyl groups is 2. The average molecular weight is 142 g/mol. The highest BCUT2D eigenvalue weighted by Gasteiger charge is 1.99. The molecule has 56 valence electrons. The van der Waals surface area contributed by atoms with Crippen LogP contribution in [0.1, 0.15) is 12.2 Å². The number of hydrogen-bond donors (Lipinski definition) is 2. The molecule has 0 spiro atoms. The molecule has 0 amide bonds. The fraction of sp³-hybridized carbons (Fsp3) is 0.429. The summed E-state index contributed by atoms with van der Waals surface area (Å²) in [6.45, 7) is 0. The topological polar surface area (TPSA) is 53.6 Å². The summed E-state index contributed by atoms with van der Waals surface area (Å²) in [7, 11) is 0. The van der Waals surface area contributed by atoms with E-state index in [-0.39, 0.29) is 0 Å². The van der Waals surface area contributed by atoms with Crippen molar-refractivity contribution >= 4 is 0 Å². The number of hydrogen-bond acceptors (Lipinski definition) is 3. The Morgan fingerprint density at radius 2 is 2.30 bits per heavy atom. The summed E-state index contributed by atoms with van der Waals surface area (Å²) in [4.78, 5) is 0. The van der Waals surface area contributed by atoms with E-state index in [4.69, 9.17) is 14.6 Å². The lowest BCUT2D eigenvalue weighted by molar-refractivity contribution is -0.0454. The lowest BCUT2D eigenvalue weighted by Gasteiger charge is -1.98. The van der Waals surface area contributed by atoms with Crippen LogP contribution in [-0.4, -0.2) is 16.5 Å². The number of aliphatic hydroxyl groups excluding tert-OH is 1. The first-order valence-corrected chi connectivity index (χ1v) is 3.17. The summed E-state index contributed by atoms with van der Waals surface area (Å²) >= 11 is 0. The van der Waals surface area contributed by atoms with Gasteiger partial charge in [-0.25, -0.2) is 0 Å². The van der Waals surface area contributed by atoms with Crippen molar-refractivity contribution in [3.8, 4) is 0 Å². The molecule has 2 N–H and O–H groups in total. The molecule has 0 aliphatic heterocycles. The summed E-state index contributed by atoms with van der Waals surface area (Å²) in [6.07, 6.45) is 1.24. The van der Waals surface area contributed by atoms with Crippen LogP contribution in [0.4, 0.5) is 0 Å². The molecule has 1 aromatic heterocycles. The maximum absolute atomic E-state index is 8.47. The quantitative estimate of drug-likeness (QED) is 0.605. The van der Waals surface area contributed by atoms with Crippen molar-refractivity contribution in [1.82, 2.24) is 0 Å². The Kier molecular flexibility index (Phi) is 2.48. The summed E-state index contributed by atoms with van der Waals surface area (Å²) in [5, 5.41) is 16.9. The minimum absolute atomic E-state index is 0.327. The van der Waals surface area contributed by atoms with Gasteiger partial charge in [0.1, 0.15) is 5.76 Å². The van der Waals surface area contributed by atoms with Gasteiger partial charge in [-0.05, 0) is 12.1 Å². The summed E-state index contributed by atoms with van der Waals surface area (Å²) in [5.74, 6) is 0.785.